The van der Waals surface area contributed by atoms with E-state index < -0.39 is 0 Å². The molecule has 5 heteroatoms. The van der Waals surface area contributed by atoms with Gasteiger partial charge < -0.3 is 20.1 Å². The van der Waals surface area contributed by atoms with Crippen molar-refractivity contribution < 1.29 is 14.6 Å². The molecule has 0 saturated carbocycles. The van der Waals surface area contributed by atoms with Gasteiger partial charge >= 0.3 is 6.03 Å². The number of urea groups is 1. The van der Waals surface area contributed by atoms with Crippen LogP contribution < -0.4 is 10.1 Å². The number of rotatable bonds is 4. The van der Waals surface area contributed by atoms with Gasteiger partial charge in [0.25, 0.3) is 0 Å². The van der Waals surface area contributed by atoms with Crippen LogP contribution in [-0.2, 0) is 0 Å². The summed E-state index contributed by atoms with van der Waals surface area (Å²) in [5.74, 6) is 0.834. The number of nitrogens with zero attached hydrogens (tertiary/aromatic N) is 1. The second-order valence-corrected chi connectivity index (χ2v) is 4.66. The Kier molecular flexibility index (Phi) is 4.27. The summed E-state index contributed by atoms with van der Waals surface area (Å²) in [5, 5.41) is 11.9. The minimum Gasteiger partial charge on any atom is -0.491 e. The van der Waals surface area contributed by atoms with Gasteiger partial charge in [-0.1, -0.05) is 17.7 Å². The lowest BCUT2D eigenvalue weighted by Gasteiger charge is -2.22. The average molecular weight is 264 g/mol. The molecule has 2 N–H and O–H groups in total. The number of benzene rings is 1. The molecule has 1 aliphatic rings. The molecule has 2 amide bonds. The molecule has 1 unspecified atom stereocenters. The fraction of sp³-hybridized carbons (Fsp3) is 0.500. The maximum absolute atomic E-state index is 12.1. The van der Waals surface area contributed by atoms with Gasteiger partial charge in [0.05, 0.1) is 12.6 Å². The van der Waals surface area contributed by atoms with Gasteiger partial charge in [-0.15, -0.1) is 0 Å². The Labute approximate surface area is 113 Å². The van der Waals surface area contributed by atoms with Crippen LogP contribution in [-0.4, -0.2) is 42.3 Å². The van der Waals surface area contributed by atoms with Crippen molar-refractivity contribution in [3.8, 4) is 5.75 Å². The molecule has 2 rings (SSSR count). The molecule has 5 nitrogen and oxygen atoms in total. The first kappa shape index (κ1) is 13.7. The molecular formula is C14H20N2O3. The van der Waals surface area contributed by atoms with Crippen LogP contribution in [0.15, 0.2) is 18.2 Å². The van der Waals surface area contributed by atoms with Gasteiger partial charge in [-0.25, -0.2) is 4.79 Å². The van der Waals surface area contributed by atoms with E-state index in [1.807, 2.05) is 32.0 Å². The minimum atomic E-state index is -0.167. The van der Waals surface area contributed by atoms with Crippen LogP contribution in [0.1, 0.15) is 24.1 Å². The van der Waals surface area contributed by atoms with Crippen molar-refractivity contribution in [2.75, 3.05) is 26.3 Å². The highest BCUT2D eigenvalue weighted by Gasteiger charge is 2.26. The summed E-state index contributed by atoms with van der Waals surface area (Å²) in [6.07, 6.45) is 0. The van der Waals surface area contributed by atoms with E-state index in [9.17, 15) is 4.79 Å². The second-order valence-electron chi connectivity index (χ2n) is 4.66. The number of fused-ring (bicyclic) bond motifs is 1. The Hall–Kier alpha value is -1.75. The van der Waals surface area contributed by atoms with Gasteiger partial charge in [-0.05, 0) is 19.9 Å². The first-order chi connectivity index (χ1) is 9.15. The number of hydrogen-bond donors (Lipinski definition) is 2. The first-order valence-electron chi connectivity index (χ1n) is 6.55. The van der Waals surface area contributed by atoms with E-state index in [2.05, 4.69) is 5.32 Å². The van der Waals surface area contributed by atoms with Crippen LogP contribution in [0.3, 0.4) is 0 Å². The highest BCUT2D eigenvalue weighted by molar-refractivity contribution is 5.75. The van der Waals surface area contributed by atoms with Crippen molar-refractivity contribution in [3.05, 3.63) is 29.3 Å². The lowest BCUT2D eigenvalue weighted by molar-refractivity contribution is 0.175. The van der Waals surface area contributed by atoms with Crippen molar-refractivity contribution in [2.24, 2.45) is 0 Å². The second kappa shape index (κ2) is 5.93. The van der Waals surface area contributed by atoms with Crippen LogP contribution in [0.4, 0.5) is 4.79 Å². The molecule has 1 aliphatic heterocycles. The molecule has 19 heavy (non-hydrogen) atoms. The van der Waals surface area contributed by atoms with Crippen molar-refractivity contribution in [2.45, 2.75) is 19.9 Å². The lowest BCUT2D eigenvalue weighted by atomic mass is 10.1. The number of nitrogens with one attached hydrogen (secondary N) is 1. The number of ether oxygens (including phenoxy) is 1. The van der Waals surface area contributed by atoms with Gasteiger partial charge in [0.2, 0.25) is 0 Å². The molecule has 0 bridgehead atoms. The third kappa shape index (κ3) is 2.98. The molecule has 0 fully saturated rings. The third-order valence-electron chi connectivity index (χ3n) is 3.28. The van der Waals surface area contributed by atoms with Gasteiger partial charge in [0.1, 0.15) is 12.4 Å². The number of carbonyl (C=O) groups excluding carboxylic acids is 1. The Bertz CT molecular complexity index is 462. The summed E-state index contributed by atoms with van der Waals surface area (Å²) >= 11 is 0. The van der Waals surface area contributed by atoms with Crippen LogP contribution >= 0.6 is 0 Å². The molecule has 0 saturated heterocycles. The minimum absolute atomic E-state index is 0.0296. The van der Waals surface area contributed by atoms with Crippen LogP contribution in [0.5, 0.6) is 5.75 Å². The van der Waals surface area contributed by atoms with E-state index in [4.69, 9.17) is 9.84 Å². The Morgan fingerprint density at radius 1 is 1.58 bits per heavy atom. The van der Waals surface area contributed by atoms with Crippen molar-refractivity contribution in [1.82, 2.24) is 10.2 Å². The summed E-state index contributed by atoms with van der Waals surface area (Å²) in [6.45, 7) is 5.25. The Morgan fingerprint density at radius 2 is 2.37 bits per heavy atom. The van der Waals surface area contributed by atoms with E-state index in [1.165, 1.54) is 0 Å². The van der Waals surface area contributed by atoms with E-state index in [0.29, 0.717) is 19.7 Å². The zero-order valence-electron chi connectivity index (χ0n) is 11.3. The van der Waals surface area contributed by atoms with Gasteiger partial charge in [0.15, 0.2) is 0 Å². The smallest absolute Gasteiger partial charge is 0.318 e. The van der Waals surface area contributed by atoms with Crippen LogP contribution in [0, 0.1) is 6.92 Å². The number of aliphatic hydroxyl groups is 1. The molecule has 0 aromatic heterocycles. The van der Waals surface area contributed by atoms with Gasteiger partial charge in [0, 0.05) is 18.7 Å². The van der Waals surface area contributed by atoms with Crippen molar-refractivity contribution in [3.63, 3.8) is 0 Å². The molecule has 1 heterocycles. The van der Waals surface area contributed by atoms with Gasteiger partial charge in [-0.2, -0.15) is 0 Å². The summed E-state index contributed by atoms with van der Waals surface area (Å²) < 4.78 is 5.56. The number of carbonyl (C=O) groups is 1. The average Bonchev–Trinajstić information content (AvgIpc) is 2.78. The SMILES string of the molecule is CCN(CCO)C(=O)NC1COc2ccc(C)cc21. The maximum Gasteiger partial charge on any atom is 0.318 e. The normalized spacial score (nSPS) is 16.7. The summed E-state index contributed by atoms with van der Waals surface area (Å²) in [5.41, 5.74) is 2.17. The van der Waals surface area contributed by atoms with E-state index in [-0.39, 0.29) is 18.7 Å². The quantitative estimate of drug-likeness (QED) is 0.865. The standard InChI is InChI=1S/C14H20N2O3/c1-3-16(6-7-17)14(18)15-12-9-19-13-5-4-10(2)8-11(12)13/h4-5,8,12,17H,3,6-7,9H2,1-2H3,(H,15,18). The largest absolute Gasteiger partial charge is 0.491 e. The first-order valence-corrected chi connectivity index (χ1v) is 6.55. The van der Waals surface area contributed by atoms with Crippen molar-refractivity contribution >= 4 is 6.03 Å². The molecule has 0 radical (unpaired) electrons. The fourth-order valence-corrected chi connectivity index (χ4v) is 2.22. The van der Waals surface area contributed by atoms with E-state index >= 15 is 0 Å². The Balaban J connectivity index is 2.06. The van der Waals surface area contributed by atoms with E-state index in [1.54, 1.807) is 4.90 Å². The van der Waals surface area contributed by atoms with Gasteiger partial charge in [-0.3, -0.25) is 0 Å². The Morgan fingerprint density at radius 3 is 3.05 bits per heavy atom. The number of hydrogen-bond acceptors (Lipinski definition) is 3. The predicted molar refractivity (Wildman–Crippen MR) is 72.3 cm³/mol. The van der Waals surface area contributed by atoms with Crippen molar-refractivity contribution in [1.29, 1.82) is 0 Å². The summed E-state index contributed by atoms with van der Waals surface area (Å²) in [6, 6.07) is 5.68. The van der Waals surface area contributed by atoms with Crippen LogP contribution in [0.2, 0.25) is 0 Å². The van der Waals surface area contributed by atoms with E-state index in [0.717, 1.165) is 16.9 Å². The lowest BCUT2D eigenvalue weighted by Crippen LogP contribution is -2.43. The predicted octanol–water partition coefficient (Wildman–Crippen LogP) is 1.45. The topological polar surface area (TPSA) is 61.8 Å². The fourth-order valence-electron chi connectivity index (χ4n) is 2.22. The number of likely N-dealkylation sites (N-methyl/N-ethyl adjacent to an activating group) is 1. The maximum atomic E-state index is 12.1. The summed E-state index contributed by atoms with van der Waals surface area (Å²) in [7, 11) is 0. The molecule has 1 aromatic rings. The molecule has 0 spiro atoms. The highest BCUT2D eigenvalue weighted by atomic mass is 16.5. The number of amides is 2. The zero-order valence-corrected chi connectivity index (χ0v) is 11.3. The molecule has 1 aromatic carbocycles. The summed E-state index contributed by atoms with van der Waals surface area (Å²) in [4.78, 5) is 13.6. The molecule has 104 valence electrons. The zero-order chi connectivity index (χ0) is 13.8. The number of aryl methyl sites for hydroxylation is 1. The monoisotopic (exact) mass is 264 g/mol. The third-order valence-corrected chi connectivity index (χ3v) is 3.28. The highest BCUT2D eigenvalue weighted by Crippen LogP contribution is 2.32. The molecule has 0 aliphatic carbocycles. The number of aliphatic hydroxyl groups excluding tert-OH is 1. The van der Waals surface area contributed by atoms with Crippen LogP contribution in [0.25, 0.3) is 0 Å². The molecule has 1 atom stereocenters. The molecular weight excluding hydrogens is 244 g/mol.